The second-order valence-corrected chi connectivity index (χ2v) is 9.28. The van der Waals surface area contributed by atoms with Crippen LogP contribution in [0.4, 0.5) is 10.1 Å². The molecule has 1 aliphatic heterocycles. The highest BCUT2D eigenvalue weighted by Crippen LogP contribution is 2.43. The summed E-state index contributed by atoms with van der Waals surface area (Å²) in [4.78, 5) is 29.1. The Hall–Kier alpha value is -4.33. The van der Waals surface area contributed by atoms with E-state index in [-0.39, 0.29) is 22.3 Å². The lowest BCUT2D eigenvalue weighted by atomic mass is 9.97. The van der Waals surface area contributed by atoms with Gasteiger partial charge in [0.25, 0.3) is 5.91 Å². The highest BCUT2D eigenvalue weighted by molar-refractivity contribution is 6.10. The highest BCUT2D eigenvalue weighted by atomic mass is 19.1. The molecule has 0 N–H and O–H groups in total. The van der Waals surface area contributed by atoms with Gasteiger partial charge in [0.1, 0.15) is 17.1 Å². The van der Waals surface area contributed by atoms with Crippen molar-refractivity contribution in [3.63, 3.8) is 0 Å². The second-order valence-electron chi connectivity index (χ2n) is 9.28. The number of carbonyl (C=O) groups excluding carboxylic acids is 1. The maximum atomic E-state index is 14.1. The molecule has 0 aliphatic carbocycles. The van der Waals surface area contributed by atoms with Gasteiger partial charge >= 0.3 is 0 Å². The van der Waals surface area contributed by atoms with Gasteiger partial charge in [0.05, 0.1) is 37.3 Å². The van der Waals surface area contributed by atoms with E-state index in [4.69, 9.17) is 18.6 Å². The smallest absolute Gasteiger partial charge is 0.295 e. The second kappa shape index (κ2) is 11.2. The zero-order valence-electron chi connectivity index (χ0n) is 22.2. The molecule has 2 heterocycles. The molecule has 5 rings (SSSR count). The molecule has 1 amide bonds. The maximum absolute atomic E-state index is 14.1. The number of nitrogens with zero attached hydrogens (tertiary/aromatic N) is 1. The van der Waals surface area contributed by atoms with Crippen molar-refractivity contribution in [1.29, 1.82) is 0 Å². The van der Waals surface area contributed by atoms with Crippen LogP contribution < -0.4 is 24.5 Å². The number of fused-ring (bicyclic) bond motifs is 2. The van der Waals surface area contributed by atoms with Crippen LogP contribution >= 0.6 is 0 Å². The summed E-state index contributed by atoms with van der Waals surface area (Å²) < 4.78 is 37.2. The van der Waals surface area contributed by atoms with Gasteiger partial charge in [0.15, 0.2) is 16.9 Å². The lowest BCUT2D eigenvalue weighted by molar-refractivity contribution is 0.0971. The van der Waals surface area contributed by atoms with E-state index >= 15 is 0 Å². The fourth-order valence-electron chi connectivity index (χ4n) is 4.90. The van der Waals surface area contributed by atoms with Crippen LogP contribution in [0.3, 0.4) is 0 Å². The highest BCUT2D eigenvalue weighted by Gasteiger charge is 2.44. The molecule has 0 saturated carbocycles. The molecule has 1 aromatic heterocycles. The summed E-state index contributed by atoms with van der Waals surface area (Å²) in [5.74, 6) is 0.599. The van der Waals surface area contributed by atoms with Crippen molar-refractivity contribution in [2.75, 3.05) is 25.2 Å². The van der Waals surface area contributed by atoms with Gasteiger partial charge in [-0.25, -0.2) is 4.39 Å². The lowest BCUT2D eigenvalue weighted by Gasteiger charge is -2.26. The van der Waals surface area contributed by atoms with Gasteiger partial charge in [-0.2, -0.15) is 0 Å². The quantitative estimate of drug-likeness (QED) is 0.213. The van der Waals surface area contributed by atoms with Gasteiger partial charge in [0.2, 0.25) is 5.76 Å². The predicted octanol–water partition coefficient (Wildman–Crippen LogP) is 6.66. The van der Waals surface area contributed by atoms with E-state index in [2.05, 4.69) is 6.92 Å². The third kappa shape index (κ3) is 4.94. The molecule has 3 aromatic carbocycles. The van der Waals surface area contributed by atoms with E-state index in [0.29, 0.717) is 41.7 Å². The number of amides is 1. The third-order valence-electron chi connectivity index (χ3n) is 6.77. The first-order valence-electron chi connectivity index (χ1n) is 13.1. The summed E-state index contributed by atoms with van der Waals surface area (Å²) in [6.07, 6.45) is 3.06. The molecule has 202 valence electrons. The molecular formula is C31H30FNO6. The van der Waals surface area contributed by atoms with Crippen LogP contribution in [0.2, 0.25) is 0 Å². The zero-order valence-corrected chi connectivity index (χ0v) is 22.2. The minimum Gasteiger partial charge on any atom is -0.494 e. The van der Waals surface area contributed by atoms with Crippen LogP contribution in [0.15, 0.2) is 69.9 Å². The SMILES string of the molecule is CCCCCOc1ccc(C2c3c(oc4ccc(F)cc4c3=O)C(=O)N2c2ccc(OCC)cc2)cc1OC. The number of hydrogen-bond acceptors (Lipinski definition) is 6. The molecule has 0 saturated heterocycles. The normalized spacial score (nSPS) is 14.5. The summed E-state index contributed by atoms with van der Waals surface area (Å²) in [7, 11) is 1.54. The molecule has 39 heavy (non-hydrogen) atoms. The van der Waals surface area contributed by atoms with E-state index in [1.807, 2.05) is 13.0 Å². The average molecular weight is 532 g/mol. The first kappa shape index (κ1) is 26.3. The van der Waals surface area contributed by atoms with Crippen molar-refractivity contribution in [3.8, 4) is 17.2 Å². The molecule has 0 fully saturated rings. The number of benzene rings is 3. The monoisotopic (exact) mass is 531 g/mol. The van der Waals surface area contributed by atoms with Gasteiger partial charge in [-0.1, -0.05) is 25.8 Å². The minimum absolute atomic E-state index is 0.0722. The predicted molar refractivity (Wildman–Crippen MR) is 147 cm³/mol. The molecule has 8 heteroatoms. The lowest BCUT2D eigenvalue weighted by Crippen LogP contribution is -2.29. The topological polar surface area (TPSA) is 78.2 Å². The Morgan fingerprint density at radius 2 is 1.72 bits per heavy atom. The summed E-state index contributed by atoms with van der Waals surface area (Å²) in [6.45, 7) is 5.07. The maximum Gasteiger partial charge on any atom is 0.295 e. The molecular weight excluding hydrogens is 501 g/mol. The Labute approximate surface area is 225 Å². The number of carbonyl (C=O) groups is 1. The molecule has 0 radical (unpaired) electrons. The Morgan fingerprint density at radius 1 is 0.923 bits per heavy atom. The fraction of sp³-hybridized carbons (Fsp3) is 0.290. The first-order valence-corrected chi connectivity index (χ1v) is 13.1. The minimum atomic E-state index is -0.836. The molecule has 0 bridgehead atoms. The third-order valence-corrected chi connectivity index (χ3v) is 6.77. The van der Waals surface area contributed by atoms with Crippen LogP contribution in [-0.2, 0) is 0 Å². The molecule has 1 atom stereocenters. The van der Waals surface area contributed by atoms with Crippen molar-refractivity contribution in [1.82, 2.24) is 0 Å². The number of hydrogen-bond donors (Lipinski definition) is 0. The molecule has 7 nitrogen and oxygen atoms in total. The van der Waals surface area contributed by atoms with Crippen molar-refractivity contribution in [2.45, 2.75) is 39.2 Å². The van der Waals surface area contributed by atoms with Crippen LogP contribution in [0.1, 0.15) is 60.8 Å². The van der Waals surface area contributed by atoms with Crippen molar-refractivity contribution in [3.05, 3.63) is 93.6 Å². The van der Waals surface area contributed by atoms with Crippen LogP contribution in [0.25, 0.3) is 11.0 Å². The molecule has 4 aromatic rings. The summed E-state index contributed by atoms with van der Waals surface area (Å²) in [6, 6.07) is 15.3. The Morgan fingerprint density at radius 3 is 2.44 bits per heavy atom. The number of ether oxygens (including phenoxy) is 3. The first-order chi connectivity index (χ1) is 19.0. The Balaban J connectivity index is 1.65. The van der Waals surface area contributed by atoms with Crippen LogP contribution in [0.5, 0.6) is 17.2 Å². The van der Waals surface area contributed by atoms with Crippen molar-refractivity contribution >= 4 is 22.6 Å². The zero-order chi connectivity index (χ0) is 27.5. The number of anilines is 1. The fourth-order valence-corrected chi connectivity index (χ4v) is 4.90. The van der Waals surface area contributed by atoms with E-state index in [1.165, 1.54) is 17.0 Å². The van der Waals surface area contributed by atoms with Crippen LogP contribution in [0, 0.1) is 5.82 Å². The Kier molecular flexibility index (Phi) is 7.54. The standard InChI is InChI=1S/C31H30FNO6/c1-4-6-7-16-38-25-14-8-19(17-26(25)36-3)28-27-29(34)23-18-20(32)9-15-24(23)39-30(27)31(35)33(28)21-10-12-22(13-11-21)37-5-2/h8-15,17-18,28H,4-7,16H2,1-3H3. The largest absolute Gasteiger partial charge is 0.494 e. The van der Waals surface area contributed by atoms with Crippen molar-refractivity contribution < 1.29 is 27.8 Å². The summed E-state index contributed by atoms with van der Waals surface area (Å²) >= 11 is 0. The average Bonchev–Trinajstić information content (AvgIpc) is 3.24. The van der Waals surface area contributed by atoms with Gasteiger partial charge in [0, 0.05) is 5.69 Å². The molecule has 1 unspecified atom stereocenters. The van der Waals surface area contributed by atoms with Gasteiger partial charge < -0.3 is 18.6 Å². The van der Waals surface area contributed by atoms with E-state index < -0.39 is 23.2 Å². The Bertz CT molecular complexity index is 1560. The number of halogens is 1. The molecule has 0 spiro atoms. The summed E-state index contributed by atoms with van der Waals surface area (Å²) in [5.41, 5.74) is 1.00. The van der Waals surface area contributed by atoms with Gasteiger partial charge in [-0.15, -0.1) is 0 Å². The molecule has 1 aliphatic rings. The summed E-state index contributed by atoms with van der Waals surface area (Å²) in [5, 5.41) is 0.0722. The van der Waals surface area contributed by atoms with Crippen molar-refractivity contribution in [2.24, 2.45) is 0 Å². The van der Waals surface area contributed by atoms with Gasteiger partial charge in [-0.3, -0.25) is 14.5 Å². The van der Waals surface area contributed by atoms with Crippen LogP contribution in [-0.4, -0.2) is 26.2 Å². The number of methoxy groups -OCH3 is 1. The van der Waals surface area contributed by atoms with E-state index in [1.54, 1.807) is 43.5 Å². The number of rotatable bonds is 10. The van der Waals surface area contributed by atoms with Gasteiger partial charge in [-0.05, 0) is 73.5 Å². The van der Waals surface area contributed by atoms with E-state index in [0.717, 1.165) is 25.3 Å². The number of unbranched alkanes of at least 4 members (excludes halogenated alkanes) is 2. The van der Waals surface area contributed by atoms with E-state index in [9.17, 15) is 14.0 Å².